The third-order valence-electron chi connectivity index (χ3n) is 4.61. The maximum absolute atomic E-state index is 5.94. The SMILES string of the molecule is C[C@]12CCCC1=C1CCCCC1=CO2.[CH]1C=CC=C1.[Co]. The van der Waals surface area contributed by atoms with E-state index in [2.05, 4.69) is 13.2 Å². The molecule has 1 nitrogen and oxygen atoms in total. The van der Waals surface area contributed by atoms with Gasteiger partial charge >= 0.3 is 0 Å². The van der Waals surface area contributed by atoms with Crippen molar-refractivity contribution >= 4 is 0 Å². The molecule has 0 unspecified atom stereocenters. The third kappa shape index (κ3) is 3.12. The number of fused-ring (bicyclic) bond motifs is 2. The summed E-state index contributed by atoms with van der Waals surface area (Å²) in [6.07, 6.45) is 21.2. The number of allylic oxidation sites excluding steroid dienone is 6. The molecular weight excluding hydrogens is 291 g/mol. The van der Waals surface area contributed by atoms with Crippen LogP contribution in [0.15, 0.2) is 47.3 Å². The zero-order valence-electron chi connectivity index (χ0n) is 12.2. The Kier molecular flexibility index (Phi) is 5.33. The summed E-state index contributed by atoms with van der Waals surface area (Å²) < 4.78 is 5.94. The van der Waals surface area contributed by atoms with Crippen LogP contribution in [0.2, 0.25) is 0 Å². The molecule has 2 radical (unpaired) electrons. The molecule has 20 heavy (non-hydrogen) atoms. The van der Waals surface area contributed by atoms with E-state index in [1.54, 1.807) is 11.1 Å². The van der Waals surface area contributed by atoms with E-state index in [0.29, 0.717) is 0 Å². The molecule has 0 saturated heterocycles. The summed E-state index contributed by atoms with van der Waals surface area (Å²) in [6.45, 7) is 2.27. The molecule has 3 aliphatic carbocycles. The molecule has 2 saturated carbocycles. The van der Waals surface area contributed by atoms with E-state index < -0.39 is 0 Å². The van der Waals surface area contributed by atoms with E-state index in [1.807, 2.05) is 30.7 Å². The summed E-state index contributed by atoms with van der Waals surface area (Å²) in [6, 6.07) is 0. The fourth-order valence-corrected chi connectivity index (χ4v) is 3.54. The standard InChI is InChI=1S/C13H18O.C5H5.Co/c1-13-8-4-7-12(13)11-6-3-2-5-10(11)9-14-13;1-2-4-5-3-1;/h9H,2-8H2,1H3;1-5H;/t13-;;/m0../s1. The Bertz CT molecular complexity index is 460. The van der Waals surface area contributed by atoms with Gasteiger partial charge in [-0.15, -0.1) is 0 Å². The predicted molar refractivity (Wildman–Crippen MR) is 79.5 cm³/mol. The molecule has 4 rings (SSSR count). The molecule has 0 bridgehead atoms. The van der Waals surface area contributed by atoms with Crippen LogP contribution in [0.3, 0.4) is 0 Å². The molecule has 0 N–H and O–H groups in total. The molecule has 0 spiro atoms. The summed E-state index contributed by atoms with van der Waals surface area (Å²) >= 11 is 0. The summed E-state index contributed by atoms with van der Waals surface area (Å²) in [4.78, 5) is 0. The second kappa shape index (κ2) is 6.82. The van der Waals surface area contributed by atoms with Crippen LogP contribution in [0, 0.1) is 6.42 Å². The molecule has 4 aliphatic rings. The van der Waals surface area contributed by atoms with Gasteiger partial charge in [-0.25, -0.2) is 0 Å². The van der Waals surface area contributed by atoms with Crippen LogP contribution in [-0.2, 0) is 21.5 Å². The number of hydrogen-bond donors (Lipinski definition) is 0. The maximum atomic E-state index is 5.94. The minimum absolute atomic E-state index is 0. The molecule has 2 fully saturated rings. The number of ether oxygens (including phenoxy) is 1. The van der Waals surface area contributed by atoms with Crippen molar-refractivity contribution in [2.24, 2.45) is 0 Å². The van der Waals surface area contributed by atoms with Crippen LogP contribution < -0.4 is 0 Å². The van der Waals surface area contributed by atoms with Gasteiger partial charge in [0.05, 0.1) is 6.26 Å². The fourth-order valence-electron chi connectivity index (χ4n) is 3.54. The van der Waals surface area contributed by atoms with Gasteiger partial charge in [0.1, 0.15) is 5.60 Å². The van der Waals surface area contributed by atoms with Crippen LogP contribution in [0.5, 0.6) is 0 Å². The first-order valence-corrected chi connectivity index (χ1v) is 7.56. The van der Waals surface area contributed by atoms with E-state index in [-0.39, 0.29) is 22.4 Å². The van der Waals surface area contributed by atoms with E-state index in [4.69, 9.17) is 4.74 Å². The predicted octanol–water partition coefficient (Wildman–Crippen LogP) is 5.03. The molecule has 110 valence electrons. The zero-order valence-corrected chi connectivity index (χ0v) is 13.2. The van der Waals surface area contributed by atoms with Crippen molar-refractivity contribution in [3.63, 3.8) is 0 Å². The van der Waals surface area contributed by atoms with Crippen LogP contribution in [-0.4, -0.2) is 5.60 Å². The summed E-state index contributed by atoms with van der Waals surface area (Å²) in [5, 5.41) is 0. The first-order chi connectivity index (χ1) is 9.30. The van der Waals surface area contributed by atoms with E-state index in [0.717, 1.165) is 0 Å². The molecule has 1 atom stereocenters. The van der Waals surface area contributed by atoms with Crippen LogP contribution in [0.4, 0.5) is 0 Å². The molecule has 0 aromatic heterocycles. The number of rotatable bonds is 0. The van der Waals surface area contributed by atoms with E-state index in [1.165, 1.54) is 50.5 Å². The number of hydrogen-bond acceptors (Lipinski definition) is 1. The van der Waals surface area contributed by atoms with Crippen molar-refractivity contribution in [1.82, 2.24) is 0 Å². The van der Waals surface area contributed by atoms with Gasteiger partial charge in [0.2, 0.25) is 0 Å². The molecule has 2 heteroatoms. The first kappa shape index (κ1) is 15.7. The third-order valence-corrected chi connectivity index (χ3v) is 4.61. The average Bonchev–Trinajstić information content (AvgIpc) is 3.10. The summed E-state index contributed by atoms with van der Waals surface area (Å²) in [5.41, 5.74) is 4.89. The average molecular weight is 314 g/mol. The largest absolute Gasteiger partial charge is 0.491 e. The summed E-state index contributed by atoms with van der Waals surface area (Å²) in [5.74, 6) is 0. The van der Waals surface area contributed by atoms with Crippen molar-refractivity contribution in [3.05, 3.63) is 53.7 Å². The second-order valence-electron chi connectivity index (χ2n) is 5.97. The molecule has 1 aliphatic heterocycles. The quantitative estimate of drug-likeness (QED) is 0.609. The van der Waals surface area contributed by atoms with Gasteiger partial charge in [0, 0.05) is 23.2 Å². The van der Waals surface area contributed by atoms with Gasteiger partial charge in [0.15, 0.2) is 0 Å². The topological polar surface area (TPSA) is 9.23 Å². The molecule has 0 aromatic rings. The van der Waals surface area contributed by atoms with Crippen molar-refractivity contribution in [3.8, 4) is 0 Å². The van der Waals surface area contributed by atoms with Crippen LogP contribution >= 0.6 is 0 Å². The van der Waals surface area contributed by atoms with Gasteiger partial charge in [0.25, 0.3) is 0 Å². The van der Waals surface area contributed by atoms with Gasteiger partial charge < -0.3 is 4.74 Å². The molecule has 0 aromatic carbocycles. The van der Waals surface area contributed by atoms with E-state index in [9.17, 15) is 0 Å². The normalized spacial score (nSPS) is 29.6. The zero-order chi connectivity index (χ0) is 13.1. The van der Waals surface area contributed by atoms with Crippen molar-refractivity contribution in [2.45, 2.75) is 57.5 Å². The molecular formula is C18H23CoO. The fraction of sp³-hybridized carbons (Fsp3) is 0.500. The Morgan fingerprint density at radius 3 is 2.40 bits per heavy atom. The second-order valence-corrected chi connectivity index (χ2v) is 5.97. The smallest absolute Gasteiger partial charge is 0.127 e. The Morgan fingerprint density at radius 2 is 1.70 bits per heavy atom. The Balaban J connectivity index is 0.000000210. The minimum atomic E-state index is 0. The van der Waals surface area contributed by atoms with Gasteiger partial charge in [-0.05, 0) is 68.6 Å². The molecule has 1 heterocycles. The molecule has 0 amide bonds. The van der Waals surface area contributed by atoms with Gasteiger partial charge in [-0.1, -0.05) is 24.3 Å². The minimum Gasteiger partial charge on any atom is -0.491 e. The van der Waals surface area contributed by atoms with Crippen molar-refractivity contribution < 1.29 is 21.5 Å². The summed E-state index contributed by atoms with van der Waals surface area (Å²) in [7, 11) is 0. The van der Waals surface area contributed by atoms with Crippen LogP contribution in [0.25, 0.3) is 0 Å². The monoisotopic (exact) mass is 314 g/mol. The Labute approximate surface area is 133 Å². The van der Waals surface area contributed by atoms with Gasteiger partial charge in [-0.2, -0.15) is 0 Å². The first-order valence-electron chi connectivity index (χ1n) is 7.56. The Hall–Kier alpha value is -0.734. The van der Waals surface area contributed by atoms with E-state index >= 15 is 0 Å². The van der Waals surface area contributed by atoms with Crippen molar-refractivity contribution in [1.29, 1.82) is 0 Å². The maximum Gasteiger partial charge on any atom is 0.127 e. The van der Waals surface area contributed by atoms with Gasteiger partial charge in [-0.3, -0.25) is 0 Å². The Morgan fingerprint density at radius 1 is 0.950 bits per heavy atom. The van der Waals surface area contributed by atoms with Crippen molar-refractivity contribution in [2.75, 3.05) is 0 Å². The van der Waals surface area contributed by atoms with Crippen LogP contribution in [0.1, 0.15) is 51.9 Å².